The molecule has 2 atom stereocenters. The maximum atomic E-state index is 6.27. The van der Waals surface area contributed by atoms with Gasteiger partial charge in [-0.25, -0.2) is 9.97 Å². The average molecular weight is 282 g/mol. The lowest BCUT2D eigenvalue weighted by molar-refractivity contribution is -0.00551. The maximum absolute atomic E-state index is 6.27. The van der Waals surface area contributed by atoms with E-state index < -0.39 is 0 Å². The summed E-state index contributed by atoms with van der Waals surface area (Å²) in [6.07, 6.45) is 2.83. The highest BCUT2D eigenvalue weighted by Crippen LogP contribution is 2.40. The van der Waals surface area contributed by atoms with E-state index in [2.05, 4.69) is 23.7 Å². The summed E-state index contributed by atoms with van der Waals surface area (Å²) in [5.41, 5.74) is 0.979. The molecule has 2 heterocycles. The Morgan fingerprint density at radius 2 is 1.79 bits per heavy atom. The molecule has 0 radical (unpaired) electrons. The average Bonchev–Trinajstić information content (AvgIpc) is 3.15. The Morgan fingerprint density at radius 3 is 2.37 bits per heavy atom. The van der Waals surface area contributed by atoms with E-state index >= 15 is 0 Å². The Hall–Kier alpha value is -0.870. The molecule has 19 heavy (non-hydrogen) atoms. The third-order valence-electron chi connectivity index (χ3n) is 3.74. The van der Waals surface area contributed by atoms with Crippen molar-refractivity contribution in [2.75, 3.05) is 18.0 Å². The van der Waals surface area contributed by atoms with Gasteiger partial charge in [0.25, 0.3) is 0 Å². The second kappa shape index (κ2) is 4.91. The molecular formula is C14H20ClN3O. The van der Waals surface area contributed by atoms with Gasteiger partial charge in [0.1, 0.15) is 16.8 Å². The van der Waals surface area contributed by atoms with Crippen LogP contribution in [0.2, 0.25) is 5.15 Å². The van der Waals surface area contributed by atoms with Gasteiger partial charge in [-0.05, 0) is 33.6 Å². The molecule has 1 saturated heterocycles. The first kappa shape index (κ1) is 13.1. The van der Waals surface area contributed by atoms with Crippen LogP contribution in [-0.4, -0.2) is 35.3 Å². The lowest BCUT2D eigenvalue weighted by Gasteiger charge is -2.36. The number of anilines is 1. The van der Waals surface area contributed by atoms with Gasteiger partial charge in [0, 0.05) is 24.6 Å². The number of rotatable bonds is 2. The lowest BCUT2D eigenvalue weighted by Crippen LogP contribution is -2.46. The Bertz CT molecular complexity index is 480. The first-order valence-electron chi connectivity index (χ1n) is 6.99. The Labute approximate surface area is 119 Å². The number of nitrogens with zero attached hydrogens (tertiary/aromatic N) is 3. The van der Waals surface area contributed by atoms with Crippen molar-refractivity contribution in [1.29, 1.82) is 0 Å². The number of morpholine rings is 1. The molecule has 0 bridgehead atoms. The highest BCUT2D eigenvalue weighted by Gasteiger charge is 2.30. The minimum atomic E-state index is 0.223. The summed E-state index contributed by atoms with van der Waals surface area (Å²) >= 11 is 6.27. The minimum Gasteiger partial charge on any atom is -0.372 e. The van der Waals surface area contributed by atoms with Crippen molar-refractivity contribution in [2.24, 2.45) is 0 Å². The zero-order chi connectivity index (χ0) is 13.6. The molecule has 0 aromatic carbocycles. The number of halogens is 1. The number of aromatic nitrogens is 2. The number of hydrogen-bond donors (Lipinski definition) is 0. The van der Waals surface area contributed by atoms with Crippen LogP contribution in [0.25, 0.3) is 0 Å². The van der Waals surface area contributed by atoms with Gasteiger partial charge in [-0.1, -0.05) is 11.6 Å². The van der Waals surface area contributed by atoms with Crippen LogP contribution in [0.5, 0.6) is 0 Å². The van der Waals surface area contributed by atoms with Gasteiger partial charge in [0.2, 0.25) is 0 Å². The molecule has 2 unspecified atom stereocenters. The highest BCUT2D eigenvalue weighted by molar-refractivity contribution is 6.30. The highest BCUT2D eigenvalue weighted by atomic mass is 35.5. The molecule has 5 heteroatoms. The zero-order valence-corrected chi connectivity index (χ0v) is 12.4. The van der Waals surface area contributed by atoms with Gasteiger partial charge in [-0.3, -0.25) is 0 Å². The van der Waals surface area contributed by atoms with Crippen LogP contribution in [0.3, 0.4) is 0 Å². The topological polar surface area (TPSA) is 38.2 Å². The predicted molar refractivity (Wildman–Crippen MR) is 76.0 cm³/mol. The van der Waals surface area contributed by atoms with Crippen LogP contribution < -0.4 is 4.90 Å². The van der Waals surface area contributed by atoms with Crippen molar-refractivity contribution in [3.63, 3.8) is 0 Å². The molecule has 3 rings (SSSR count). The molecule has 1 aromatic rings. The van der Waals surface area contributed by atoms with Crippen molar-refractivity contribution in [3.05, 3.63) is 16.5 Å². The van der Waals surface area contributed by atoms with Crippen molar-refractivity contribution >= 4 is 17.4 Å². The minimum absolute atomic E-state index is 0.223. The fourth-order valence-electron chi connectivity index (χ4n) is 2.68. The number of ether oxygens (including phenoxy) is 1. The third kappa shape index (κ3) is 2.70. The van der Waals surface area contributed by atoms with Crippen LogP contribution in [0.15, 0.2) is 0 Å². The maximum Gasteiger partial charge on any atom is 0.137 e. The van der Waals surface area contributed by atoms with E-state index in [1.807, 2.05) is 6.92 Å². The summed E-state index contributed by atoms with van der Waals surface area (Å²) in [5.74, 6) is 2.43. The first-order chi connectivity index (χ1) is 9.04. The van der Waals surface area contributed by atoms with E-state index in [0.29, 0.717) is 11.1 Å². The molecule has 2 fully saturated rings. The van der Waals surface area contributed by atoms with Crippen LogP contribution >= 0.6 is 11.6 Å². The summed E-state index contributed by atoms with van der Waals surface area (Å²) in [6, 6.07) is 0. The Kier molecular flexibility index (Phi) is 3.39. The molecule has 1 saturated carbocycles. The fraction of sp³-hybridized carbons (Fsp3) is 0.714. The molecule has 0 amide bonds. The standard InChI is InChI=1S/C14H20ClN3O/c1-8-6-18(7-9(2)19-8)14-10(3)12(15)16-13(17-14)11-4-5-11/h8-9,11H,4-7H2,1-3H3. The zero-order valence-electron chi connectivity index (χ0n) is 11.7. The summed E-state index contributed by atoms with van der Waals surface area (Å²) in [4.78, 5) is 11.5. The van der Waals surface area contributed by atoms with E-state index in [9.17, 15) is 0 Å². The smallest absolute Gasteiger partial charge is 0.137 e. The van der Waals surface area contributed by atoms with E-state index in [-0.39, 0.29) is 12.2 Å². The summed E-state index contributed by atoms with van der Waals surface area (Å²) < 4.78 is 5.78. The summed E-state index contributed by atoms with van der Waals surface area (Å²) in [6.45, 7) is 7.93. The molecule has 1 aliphatic carbocycles. The van der Waals surface area contributed by atoms with E-state index in [0.717, 1.165) is 30.3 Å². The van der Waals surface area contributed by atoms with E-state index in [1.165, 1.54) is 12.8 Å². The Balaban J connectivity index is 1.94. The fourth-order valence-corrected chi connectivity index (χ4v) is 2.85. The quantitative estimate of drug-likeness (QED) is 0.781. The molecule has 0 spiro atoms. The van der Waals surface area contributed by atoms with Crippen molar-refractivity contribution in [3.8, 4) is 0 Å². The molecule has 1 aliphatic heterocycles. The molecule has 4 nitrogen and oxygen atoms in total. The van der Waals surface area contributed by atoms with Gasteiger partial charge in [-0.15, -0.1) is 0 Å². The predicted octanol–water partition coefficient (Wildman–Crippen LogP) is 2.93. The monoisotopic (exact) mass is 281 g/mol. The lowest BCUT2D eigenvalue weighted by atomic mass is 10.2. The Morgan fingerprint density at radius 1 is 1.16 bits per heavy atom. The number of hydrogen-bond acceptors (Lipinski definition) is 4. The second-order valence-corrected chi connectivity index (χ2v) is 6.12. The molecule has 2 aliphatic rings. The van der Waals surface area contributed by atoms with Gasteiger partial charge in [0.15, 0.2) is 0 Å². The van der Waals surface area contributed by atoms with Crippen LogP contribution in [0, 0.1) is 6.92 Å². The van der Waals surface area contributed by atoms with Crippen molar-refractivity contribution < 1.29 is 4.74 Å². The van der Waals surface area contributed by atoms with Crippen molar-refractivity contribution in [1.82, 2.24) is 9.97 Å². The van der Waals surface area contributed by atoms with Gasteiger partial charge in [0.05, 0.1) is 12.2 Å². The normalized spacial score (nSPS) is 27.7. The SMILES string of the molecule is Cc1c(Cl)nc(C2CC2)nc1N1CC(C)OC(C)C1. The second-order valence-electron chi connectivity index (χ2n) is 5.76. The van der Waals surface area contributed by atoms with Crippen LogP contribution in [0.4, 0.5) is 5.82 Å². The molecular weight excluding hydrogens is 262 g/mol. The van der Waals surface area contributed by atoms with Gasteiger partial charge >= 0.3 is 0 Å². The summed E-state index contributed by atoms with van der Waals surface area (Å²) in [5, 5.41) is 0.596. The molecule has 104 valence electrons. The largest absolute Gasteiger partial charge is 0.372 e. The van der Waals surface area contributed by atoms with Crippen LogP contribution in [0.1, 0.15) is 44.0 Å². The third-order valence-corrected chi connectivity index (χ3v) is 4.11. The van der Waals surface area contributed by atoms with Crippen LogP contribution in [-0.2, 0) is 4.74 Å². The van der Waals surface area contributed by atoms with E-state index in [4.69, 9.17) is 21.3 Å². The summed E-state index contributed by atoms with van der Waals surface area (Å²) in [7, 11) is 0. The van der Waals surface area contributed by atoms with Gasteiger partial charge < -0.3 is 9.64 Å². The molecule has 1 aromatic heterocycles. The van der Waals surface area contributed by atoms with Gasteiger partial charge in [-0.2, -0.15) is 0 Å². The van der Waals surface area contributed by atoms with Crippen molar-refractivity contribution in [2.45, 2.75) is 51.7 Å². The first-order valence-corrected chi connectivity index (χ1v) is 7.37. The molecule has 0 N–H and O–H groups in total. The van der Waals surface area contributed by atoms with E-state index in [1.54, 1.807) is 0 Å².